The Kier molecular flexibility index (Phi) is 4.59. The van der Waals surface area contributed by atoms with Crippen LogP contribution in [0.3, 0.4) is 0 Å². The zero-order chi connectivity index (χ0) is 12.8. The van der Waals surface area contributed by atoms with Crippen LogP contribution in [0, 0.1) is 0 Å². The molecular weight excluding hydrogens is 228 g/mol. The molecule has 4 heteroatoms. The van der Waals surface area contributed by atoms with Crippen molar-refractivity contribution >= 4 is 11.6 Å². The van der Waals surface area contributed by atoms with Gasteiger partial charge in [-0.1, -0.05) is 18.2 Å². The Labute approximate surface area is 108 Å². The van der Waals surface area contributed by atoms with Gasteiger partial charge in [0.05, 0.1) is 0 Å². The van der Waals surface area contributed by atoms with Crippen molar-refractivity contribution in [1.82, 2.24) is 5.32 Å². The molecule has 4 nitrogen and oxygen atoms in total. The van der Waals surface area contributed by atoms with Crippen LogP contribution in [0.5, 0.6) is 0 Å². The number of anilines is 1. The second kappa shape index (κ2) is 6.40. The van der Waals surface area contributed by atoms with E-state index >= 15 is 0 Å². The van der Waals surface area contributed by atoms with Crippen LogP contribution in [0.25, 0.3) is 0 Å². The van der Waals surface area contributed by atoms with E-state index in [-0.39, 0.29) is 12.0 Å². The fourth-order valence-electron chi connectivity index (χ4n) is 2.06. The second-order valence-electron chi connectivity index (χ2n) is 4.55. The van der Waals surface area contributed by atoms with Crippen molar-refractivity contribution in [3.63, 3.8) is 0 Å². The highest BCUT2D eigenvalue weighted by Crippen LogP contribution is 2.12. The van der Waals surface area contributed by atoms with Gasteiger partial charge in [0.15, 0.2) is 0 Å². The van der Waals surface area contributed by atoms with E-state index in [0.717, 1.165) is 25.1 Å². The smallest absolute Gasteiger partial charge is 0.249 e. The summed E-state index contributed by atoms with van der Waals surface area (Å²) in [6.07, 6.45) is 1.61. The van der Waals surface area contributed by atoms with Crippen LogP contribution in [-0.2, 0) is 9.53 Å². The lowest BCUT2D eigenvalue weighted by Gasteiger charge is -2.20. The molecular formula is C14H20N2O2. The normalized spacial score (nSPS) is 18.6. The summed E-state index contributed by atoms with van der Waals surface area (Å²) in [4.78, 5) is 13.8. The molecule has 1 aliphatic rings. The largest absolute Gasteiger partial charge is 0.373 e. The first-order chi connectivity index (χ1) is 8.77. The maximum atomic E-state index is 11.7. The van der Waals surface area contributed by atoms with Gasteiger partial charge in [-0.3, -0.25) is 4.79 Å². The van der Waals surface area contributed by atoms with Crippen molar-refractivity contribution in [2.75, 3.05) is 31.6 Å². The summed E-state index contributed by atoms with van der Waals surface area (Å²) < 4.78 is 5.33. The molecule has 98 valence electrons. The molecule has 1 N–H and O–H groups in total. The maximum Gasteiger partial charge on any atom is 0.249 e. The van der Waals surface area contributed by atoms with Gasteiger partial charge in [0, 0.05) is 32.4 Å². The minimum Gasteiger partial charge on any atom is -0.373 e. The number of ether oxygens (including phenoxy) is 1. The number of para-hydroxylation sites is 1. The van der Waals surface area contributed by atoms with E-state index in [2.05, 4.69) is 22.3 Å². The van der Waals surface area contributed by atoms with Gasteiger partial charge in [-0.2, -0.15) is 0 Å². The highest BCUT2D eigenvalue weighted by molar-refractivity contribution is 5.80. The van der Waals surface area contributed by atoms with Crippen LogP contribution in [0.2, 0.25) is 0 Å². The number of hydrogen-bond acceptors (Lipinski definition) is 3. The summed E-state index contributed by atoms with van der Waals surface area (Å²) >= 11 is 0. The van der Waals surface area contributed by atoms with Gasteiger partial charge in [-0.25, -0.2) is 0 Å². The molecule has 1 aromatic rings. The summed E-state index contributed by atoms with van der Waals surface area (Å²) in [6, 6.07) is 10.1. The number of carbonyl (C=O) groups is 1. The summed E-state index contributed by atoms with van der Waals surface area (Å²) in [5.74, 6) is 0.0222. The van der Waals surface area contributed by atoms with Crippen molar-refractivity contribution in [3.05, 3.63) is 30.3 Å². The van der Waals surface area contributed by atoms with E-state index < -0.39 is 0 Å². The van der Waals surface area contributed by atoms with Crippen LogP contribution in [0.1, 0.15) is 12.8 Å². The van der Waals surface area contributed by atoms with Crippen molar-refractivity contribution in [3.8, 4) is 0 Å². The van der Waals surface area contributed by atoms with E-state index in [0.29, 0.717) is 13.2 Å². The highest BCUT2D eigenvalue weighted by atomic mass is 16.5. The number of benzene rings is 1. The lowest BCUT2D eigenvalue weighted by atomic mass is 10.2. The van der Waals surface area contributed by atoms with Crippen LogP contribution in [-0.4, -0.2) is 38.8 Å². The molecule has 1 amide bonds. The number of amides is 1. The summed E-state index contributed by atoms with van der Waals surface area (Å²) in [7, 11) is 2.02. The van der Waals surface area contributed by atoms with Crippen LogP contribution < -0.4 is 10.2 Å². The van der Waals surface area contributed by atoms with Gasteiger partial charge >= 0.3 is 0 Å². The molecule has 1 unspecified atom stereocenters. The van der Waals surface area contributed by atoms with E-state index in [1.807, 2.05) is 25.2 Å². The van der Waals surface area contributed by atoms with Gasteiger partial charge in [0.25, 0.3) is 0 Å². The third kappa shape index (κ3) is 3.47. The molecule has 1 atom stereocenters. The van der Waals surface area contributed by atoms with Crippen LogP contribution in [0.4, 0.5) is 5.69 Å². The molecule has 1 aliphatic heterocycles. The molecule has 1 heterocycles. The zero-order valence-electron chi connectivity index (χ0n) is 10.8. The molecule has 1 fully saturated rings. The fourth-order valence-corrected chi connectivity index (χ4v) is 2.06. The van der Waals surface area contributed by atoms with Gasteiger partial charge in [-0.15, -0.1) is 0 Å². The Hall–Kier alpha value is -1.55. The standard InChI is InChI=1S/C14H20N2O2/c1-16(12-6-3-2-4-7-12)10-9-15-14(17)13-8-5-11-18-13/h2-4,6-7,13H,5,8-11H2,1H3,(H,15,17). The molecule has 0 aromatic heterocycles. The topological polar surface area (TPSA) is 41.6 Å². The van der Waals surface area contributed by atoms with Gasteiger partial charge in [-0.05, 0) is 25.0 Å². The Bertz CT molecular complexity index is 375. The molecule has 0 bridgehead atoms. The average molecular weight is 248 g/mol. The molecule has 0 saturated carbocycles. The highest BCUT2D eigenvalue weighted by Gasteiger charge is 2.22. The maximum absolute atomic E-state index is 11.7. The van der Waals surface area contributed by atoms with E-state index in [4.69, 9.17) is 4.74 Å². The SMILES string of the molecule is CN(CCNC(=O)C1CCCO1)c1ccccc1. The van der Waals surface area contributed by atoms with E-state index in [1.165, 1.54) is 0 Å². The fraction of sp³-hybridized carbons (Fsp3) is 0.500. The van der Waals surface area contributed by atoms with E-state index in [9.17, 15) is 4.79 Å². The summed E-state index contributed by atoms with van der Waals surface area (Å²) in [5.41, 5.74) is 1.16. The second-order valence-corrected chi connectivity index (χ2v) is 4.55. The van der Waals surface area contributed by atoms with Crippen molar-refractivity contribution < 1.29 is 9.53 Å². The zero-order valence-corrected chi connectivity index (χ0v) is 10.8. The Balaban J connectivity index is 1.70. The van der Waals surface area contributed by atoms with Crippen LogP contribution in [0.15, 0.2) is 30.3 Å². The predicted molar refractivity (Wildman–Crippen MR) is 71.7 cm³/mol. The minimum atomic E-state index is -0.230. The Morgan fingerprint density at radius 2 is 2.22 bits per heavy atom. The monoisotopic (exact) mass is 248 g/mol. The Morgan fingerprint density at radius 3 is 2.89 bits per heavy atom. The minimum absolute atomic E-state index is 0.0222. The summed E-state index contributed by atoms with van der Waals surface area (Å²) in [6.45, 7) is 2.15. The van der Waals surface area contributed by atoms with Crippen molar-refractivity contribution in [1.29, 1.82) is 0 Å². The number of rotatable bonds is 5. The van der Waals surface area contributed by atoms with Crippen molar-refractivity contribution in [2.45, 2.75) is 18.9 Å². The van der Waals surface area contributed by atoms with E-state index in [1.54, 1.807) is 0 Å². The van der Waals surface area contributed by atoms with Gasteiger partial charge in [0.1, 0.15) is 6.10 Å². The quantitative estimate of drug-likeness (QED) is 0.857. The average Bonchev–Trinajstić information content (AvgIpc) is 2.93. The predicted octanol–water partition coefficient (Wildman–Crippen LogP) is 1.42. The molecule has 0 aliphatic carbocycles. The molecule has 1 saturated heterocycles. The molecule has 0 radical (unpaired) electrons. The number of nitrogens with one attached hydrogen (secondary N) is 1. The number of hydrogen-bond donors (Lipinski definition) is 1. The van der Waals surface area contributed by atoms with Crippen LogP contribution >= 0.6 is 0 Å². The molecule has 18 heavy (non-hydrogen) atoms. The lowest BCUT2D eigenvalue weighted by Crippen LogP contribution is -2.38. The molecule has 0 spiro atoms. The third-order valence-electron chi connectivity index (χ3n) is 3.17. The molecule has 1 aromatic carbocycles. The first-order valence-corrected chi connectivity index (χ1v) is 6.43. The number of likely N-dealkylation sites (N-methyl/N-ethyl adjacent to an activating group) is 1. The first kappa shape index (κ1) is 12.9. The number of nitrogens with zero attached hydrogens (tertiary/aromatic N) is 1. The van der Waals surface area contributed by atoms with Crippen molar-refractivity contribution in [2.24, 2.45) is 0 Å². The first-order valence-electron chi connectivity index (χ1n) is 6.43. The third-order valence-corrected chi connectivity index (χ3v) is 3.17. The molecule has 2 rings (SSSR count). The van der Waals surface area contributed by atoms with Gasteiger partial charge in [0.2, 0.25) is 5.91 Å². The lowest BCUT2D eigenvalue weighted by molar-refractivity contribution is -0.129. The summed E-state index contributed by atoms with van der Waals surface area (Å²) in [5, 5.41) is 2.92. The van der Waals surface area contributed by atoms with Gasteiger partial charge < -0.3 is 15.0 Å². The number of carbonyl (C=O) groups excluding carboxylic acids is 1. The Morgan fingerprint density at radius 1 is 1.44 bits per heavy atom.